The third kappa shape index (κ3) is 4.53. The molecule has 3 aromatic rings. The van der Waals surface area contributed by atoms with E-state index < -0.39 is 29.9 Å². The zero-order chi connectivity index (χ0) is 24.7. The summed E-state index contributed by atoms with van der Waals surface area (Å²) >= 11 is 0. The van der Waals surface area contributed by atoms with Gasteiger partial charge in [0.15, 0.2) is 0 Å². The number of aliphatic carboxylic acids is 1. The van der Waals surface area contributed by atoms with Crippen molar-refractivity contribution in [3.05, 3.63) is 94.5 Å². The molecular weight excluding hydrogens is 463 g/mol. The highest BCUT2D eigenvalue weighted by Gasteiger charge is 2.47. The average Bonchev–Trinajstić information content (AvgIpc) is 3.29. The lowest BCUT2D eigenvalue weighted by Gasteiger charge is -2.22. The second-order valence-electron chi connectivity index (χ2n) is 8.54. The van der Waals surface area contributed by atoms with E-state index in [1.54, 1.807) is 18.2 Å². The first kappa shape index (κ1) is 22.8. The lowest BCUT2D eigenvalue weighted by Crippen LogP contribution is -2.33. The van der Waals surface area contributed by atoms with Crippen molar-refractivity contribution in [2.45, 2.75) is 37.7 Å². The first-order chi connectivity index (χ1) is 16.7. The van der Waals surface area contributed by atoms with Gasteiger partial charge in [0.25, 0.3) is 0 Å². The Bertz CT molecular complexity index is 1310. The van der Waals surface area contributed by atoms with Crippen molar-refractivity contribution in [1.29, 1.82) is 0 Å². The predicted molar refractivity (Wildman–Crippen MR) is 118 cm³/mol. The third-order valence-electron chi connectivity index (χ3n) is 6.21. The van der Waals surface area contributed by atoms with Crippen LogP contribution in [0.5, 0.6) is 11.5 Å². The Hall–Kier alpha value is -4.01. The Morgan fingerprint density at radius 1 is 1.09 bits per heavy atom. The topological polar surface area (TPSA) is 76.1 Å². The molecule has 1 N–H and O–H groups in total. The van der Waals surface area contributed by atoms with E-state index in [4.69, 9.17) is 14.6 Å². The fourth-order valence-electron chi connectivity index (χ4n) is 4.63. The fourth-order valence-corrected chi connectivity index (χ4v) is 4.63. The SMILES string of the molecule is O=C(O)Cc1cccc(Oc2ccc(C(F)(F)F)cc2CN2C(=O)OC3c4ccccc4CC32)c1. The number of carboxylic acids is 1. The number of ether oxygens (including phenoxy) is 2. The van der Waals surface area contributed by atoms with Crippen LogP contribution in [0.3, 0.4) is 0 Å². The Morgan fingerprint density at radius 2 is 1.89 bits per heavy atom. The van der Waals surface area contributed by atoms with Gasteiger partial charge in [-0.1, -0.05) is 36.4 Å². The van der Waals surface area contributed by atoms with Gasteiger partial charge in [-0.25, -0.2) is 4.79 Å². The highest BCUT2D eigenvalue weighted by Crippen LogP contribution is 2.44. The molecule has 0 bridgehead atoms. The van der Waals surface area contributed by atoms with Crippen molar-refractivity contribution in [3.63, 3.8) is 0 Å². The molecular formula is C26H20F3NO5. The molecule has 2 unspecified atom stereocenters. The van der Waals surface area contributed by atoms with E-state index in [0.717, 1.165) is 23.3 Å². The van der Waals surface area contributed by atoms with Crippen molar-refractivity contribution in [2.75, 3.05) is 0 Å². The van der Waals surface area contributed by atoms with Gasteiger partial charge in [0.05, 0.1) is 24.6 Å². The number of alkyl halides is 3. The maximum atomic E-state index is 13.5. The number of hydrogen-bond acceptors (Lipinski definition) is 4. The Balaban J connectivity index is 1.46. The smallest absolute Gasteiger partial charge is 0.416 e. The Labute approximate surface area is 198 Å². The van der Waals surface area contributed by atoms with E-state index in [2.05, 4.69) is 0 Å². The number of halogens is 3. The molecule has 0 saturated carbocycles. The van der Waals surface area contributed by atoms with Gasteiger partial charge in [-0.15, -0.1) is 0 Å². The molecule has 0 aromatic heterocycles. The molecule has 6 nitrogen and oxygen atoms in total. The number of nitrogens with zero attached hydrogens (tertiary/aromatic N) is 1. The molecule has 1 saturated heterocycles. The number of benzene rings is 3. The van der Waals surface area contributed by atoms with Crippen molar-refractivity contribution in [2.24, 2.45) is 0 Å². The summed E-state index contributed by atoms with van der Waals surface area (Å²) in [6.07, 6.45) is -5.33. The first-order valence-corrected chi connectivity index (χ1v) is 10.9. The summed E-state index contributed by atoms with van der Waals surface area (Å²) in [4.78, 5) is 25.1. The maximum Gasteiger partial charge on any atom is 0.416 e. The van der Waals surface area contributed by atoms with E-state index in [-0.39, 0.29) is 36.1 Å². The van der Waals surface area contributed by atoms with Crippen LogP contribution in [0.1, 0.15) is 33.9 Å². The van der Waals surface area contributed by atoms with Crippen LogP contribution in [0.15, 0.2) is 66.7 Å². The van der Waals surface area contributed by atoms with E-state index in [1.165, 1.54) is 17.0 Å². The summed E-state index contributed by atoms with van der Waals surface area (Å²) in [5.41, 5.74) is 1.73. The summed E-state index contributed by atoms with van der Waals surface area (Å²) in [6.45, 7) is -0.137. The Morgan fingerprint density at radius 3 is 2.66 bits per heavy atom. The molecule has 1 fully saturated rings. The summed E-state index contributed by atoms with van der Waals surface area (Å²) in [5, 5.41) is 9.03. The molecule has 1 amide bonds. The van der Waals surface area contributed by atoms with Gasteiger partial charge >= 0.3 is 18.2 Å². The quantitative estimate of drug-likeness (QED) is 0.484. The molecule has 2 atom stereocenters. The monoisotopic (exact) mass is 483 g/mol. The molecule has 35 heavy (non-hydrogen) atoms. The molecule has 5 rings (SSSR count). The molecule has 9 heteroatoms. The number of rotatable bonds is 6. The van der Waals surface area contributed by atoms with Gasteiger partial charge in [0.2, 0.25) is 0 Å². The molecule has 1 aliphatic heterocycles. The third-order valence-corrected chi connectivity index (χ3v) is 6.21. The highest BCUT2D eigenvalue weighted by molar-refractivity contribution is 5.72. The van der Waals surface area contributed by atoms with Crippen molar-refractivity contribution in [3.8, 4) is 11.5 Å². The maximum absolute atomic E-state index is 13.5. The van der Waals surface area contributed by atoms with Gasteiger partial charge in [-0.05, 0) is 53.4 Å². The fraction of sp³-hybridized carbons (Fsp3) is 0.231. The van der Waals surface area contributed by atoms with E-state index in [1.807, 2.05) is 24.3 Å². The Kier molecular flexibility index (Phi) is 5.62. The molecule has 3 aromatic carbocycles. The molecule has 1 heterocycles. The second-order valence-corrected chi connectivity index (χ2v) is 8.54. The van der Waals surface area contributed by atoms with Crippen LogP contribution in [0.25, 0.3) is 0 Å². The van der Waals surface area contributed by atoms with Gasteiger partial charge in [-0.2, -0.15) is 13.2 Å². The largest absolute Gasteiger partial charge is 0.481 e. The van der Waals surface area contributed by atoms with Crippen LogP contribution >= 0.6 is 0 Å². The summed E-state index contributed by atoms with van der Waals surface area (Å²) in [5.74, 6) is -0.603. The molecule has 0 radical (unpaired) electrons. The zero-order valence-electron chi connectivity index (χ0n) is 18.3. The second kappa shape index (κ2) is 8.65. The summed E-state index contributed by atoms with van der Waals surface area (Å²) in [6, 6.07) is 16.7. The van der Waals surface area contributed by atoms with E-state index >= 15 is 0 Å². The normalized spacial score (nSPS) is 18.7. The molecule has 180 valence electrons. The number of hydrogen-bond donors (Lipinski definition) is 1. The van der Waals surface area contributed by atoms with Crippen LogP contribution < -0.4 is 4.74 Å². The lowest BCUT2D eigenvalue weighted by molar-refractivity contribution is -0.138. The highest BCUT2D eigenvalue weighted by atomic mass is 19.4. The van der Waals surface area contributed by atoms with Crippen LogP contribution in [0.2, 0.25) is 0 Å². The zero-order valence-corrected chi connectivity index (χ0v) is 18.3. The van der Waals surface area contributed by atoms with E-state index in [0.29, 0.717) is 12.0 Å². The number of carboxylic acid groups (broad SMARTS) is 1. The van der Waals surface area contributed by atoms with Gasteiger partial charge in [-0.3, -0.25) is 9.69 Å². The van der Waals surface area contributed by atoms with Gasteiger partial charge in [0, 0.05) is 5.56 Å². The van der Waals surface area contributed by atoms with Crippen molar-refractivity contribution >= 4 is 12.1 Å². The molecule has 2 aliphatic rings. The van der Waals surface area contributed by atoms with Crippen LogP contribution in [0.4, 0.5) is 18.0 Å². The standard InChI is InChI=1S/C26H20F3NO5/c27-26(28,29)18-8-9-22(34-19-6-3-4-15(10-19)11-23(31)32)17(12-18)14-30-21-13-16-5-1-2-7-20(16)24(21)35-25(30)33/h1-10,12,21,24H,11,13-14H2,(H,31,32). The molecule has 1 aliphatic carbocycles. The number of carbonyl (C=O) groups is 2. The van der Waals surface area contributed by atoms with Crippen LogP contribution in [-0.4, -0.2) is 28.1 Å². The first-order valence-electron chi connectivity index (χ1n) is 10.9. The summed E-state index contributed by atoms with van der Waals surface area (Å²) in [7, 11) is 0. The van der Waals surface area contributed by atoms with Crippen molar-refractivity contribution in [1.82, 2.24) is 4.90 Å². The predicted octanol–water partition coefficient (Wildman–Crippen LogP) is 5.74. The van der Waals surface area contributed by atoms with Crippen LogP contribution in [-0.2, 0) is 35.1 Å². The minimum atomic E-state index is -4.58. The minimum Gasteiger partial charge on any atom is -0.481 e. The molecule has 0 spiro atoms. The number of carbonyl (C=O) groups excluding carboxylic acids is 1. The van der Waals surface area contributed by atoms with Gasteiger partial charge in [0.1, 0.15) is 17.6 Å². The lowest BCUT2D eigenvalue weighted by atomic mass is 10.1. The summed E-state index contributed by atoms with van der Waals surface area (Å²) < 4.78 is 51.9. The number of fused-ring (bicyclic) bond motifs is 3. The number of amides is 1. The van der Waals surface area contributed by atoms with Crippen LogP contribution in [0, 0.1) is 0 Å². The minimum absolute atomic E-state index is 0.136. The van der Waals surface area contributed by atoms with E-state index in [9.17, 15) is 22.8 Å². The average molecular weight is 483 g/mol. The van der Waals surface area contributed by atoms with Gasteiger partial charge < -0.3 is 14.6 Å². The van der Waals surface area contributed by atoms with Crippen molar-refractivity contribution < 1.29 is 37.3 Å².